The van der Waals surface area contributed by atoms with Crippen LogP contribution in [0.4, 0.5) is 34.1 Å². The zero-order chi connectivity index (χ0) is 47.7. The van der Waals surface area contributed by atoms with E-state index in [0.29, 0.717) is 0 Å². The zero-order valence-corrected chi connectivity index (χ0v) is 39.8. The first-order valence-electron chi connectivity index (χ1n) is 23.9. The summed E-state index contributed by atoms with van der Waals surface area (Å²) in [4.78, 5) is 4.63. The molecule has 0 amide bonds. The molecule has 0 radical (unpaired) electrons. The summed E-state index contributed by atoms with van der Waals surface area (Å²) in [6.07, 6.45) is 25.6. The molecule has 0 aliphatic rings. The minimum atomic E-state index is 1.10. The van der Waals surface area contributed by atoms with Crippen molar-refractivity contribution >= 4 is 82.7 Å². The Bertz CT molecular complexity index is 3040. The SMILES string of the molecule is Cc1cccc(N(c2ccc(C=CC=Cc3ccccc3)cc2)c2ccc(/C=C/c3ccc(/C=C/c4ccc(N(c5ccc(C=CC=Cc6ccccc6)cc5)c5cccc(C)c5)cc4)cc3)cc2)c1. The van der Waals surface area contributed by atoms with Gasteiger partial charge in [0.25, 0.3) is 0 Å². The predicted octanol–water partition coefficient (Wildman–Crippen LogP) is 19.0. The normalized spacial score (nSPS) is 11.8. The van der Waals surface area contributed by atoms with Crippen LogP contribution in [0.15, 0.2) is 255 Å². The lowest BCUT2D eigenvalue weighted by atomic mass is 10.1. The summed E-state index contributed by atoms with van der Waals surface area (Å²) in [6, 6.07) is 81.8. The predicted molar refractivity (Wildman–Crippen MR) is 305 cm³/mol. The van der Waals surface area contributed by atoms with Gasteiger partial charge in [-0.05, 0) is 142 Å². The average Bonchev–Trinajstić information content (AvgIpc) is 3.40. The Morgan fingerprint density at radius 3 is 0.729 bits per heavy atom. The van der Waals surface area contributed by atoms with Gasteiger partial charge in [-0.2, -0.15) is 0 Å². The Balaban J connectivity index is 0.837. The van der Waals surface area contributed by atoms with Crippen LogP contribution in [0.1, 0.15) is 55.6 Å². The summed E-state index contributed by atoms with van der Waals surface area (Å²) in [5, 5.41) is 0. The van der Waals surface area contributed by atoms with E-state index in [-0.39, 0.29) is 0 Å². The number of hydrogen-bond acceptors (Lipinski definition) is 2. The second kappa shape index (κ2) is 23.2. The van der Waals surface area contributed by atoms with Crippen molar-refractivity contribution in [1.29, 1.82) is 0 Å². The van der Waals surface area contributed by atoms with Gasteiger partial charge in [-0.1, -0.05) is 231 Å². The second-order valence-electron chi connectivity index (χ2n) is 17.3. The highest BCUT2D eigenvalue weighted by Gasteiger charge is 2.14. The van der Waals surface area contributed by atoms with Crippen LogP contribution in [-0.4, -0.2) is 0 Å². The Morgan fingerprint density at radius 2 is 0.457 bits per heavy atom. The van der Waals surface area contributed by atoms with Gasteiger partial charge >= 0.3 is 0 Å². The molecule has 0 aliphatic heterocycles. The number of allylic oxidation sites excluding steroid dienone is 4. The van der Waals surface area contributed by atoms with E-state index in [1.165, 1.54) is 22.3 Å². The monoisotopic (exact) mass is 900 g/mol. The molecule has 0 atom stereocenters. The standard InChI is InChI=1S/C68H56N2/c1-53-15-13-25-67(51-53)69(63-43-35-57(36-44-63)23-11-9-21-55-17-5-3-6-18-55)65-47-39-61(40-48-65)33-31-59-27-29-60(30-28-59)32-34-62-41-49-66(50-42-62)70(68-26-14-16-54(2)52-68)64-45-37-58(38-46-64)24-12-10-22-56-19-7-4-8-20-56/h3-52H,1-2H3/b21-9?,22-10?,23-11?,24-12?,33-31+,34-32+. The highest BCUT2D eigenvalue weighted by molar-refractivity contribution is 5.81. The van der Waals surface area contributed by atoms with Gasteiger partial charge in [0.2, 0.25) is 0 Å². The molecule has 338 valence electrons. The van der Waals surface area contributed by atoms with Crippen LogP contribution in [0.3, 0.4) is 0 Å². The van der Waals surface area contributed by atoms with Crippen molar-refractivity contribution < 1.29 is 0 Å². The topological polar surface area (TPSA) is 6.48 Å². The van der Waals surface area contributed by atoms with Crippen molar-refractivity contribution in [3.63, 3.8) is 0 Å². The quantitative estimate of drug-likeness (QED) is 0.0704. The van der Waals surface area contributed by atoms with E-state index in [9.17, 15) is 0 Å². The van der Waals surface area contributed by atoms with Crippen LogP contribution in [0.5, 0.6) is 0 Å². The van der Waals surface area contributed by atoms with E-state index in [1.807, 2.05) is 12.1 Å². The summed E-state index contributed by atoms with van der Waals surface area (Å²) in [5.74, 6) is 0. The van der Waals surface area contributed by atoms with E-state index < -0.39 is 0 Å². The number of aryl methyl sites for hydroxylation is 2. The van der Waals surface area contributed by atoms with Crippen molar-refractivity contribution in [1.82, 2.24) is 0 Å². The van der Waals surface area contributed by atoms with Crippen LogP contribution < -0.4 is 9.80 Å². The van der Waals surface area contributed by atoms with Crippen molar-refractivity contribution in [2.45, 2.75) is 13.8 Å². The maximum atomic E-state index is 2.32. The molecule has 0 heterocycles. The molecule has 0 aromatic heterocycles. The van der Waals surface area contributed by atoms with E-state index in [1.54, 1.807) is 0 Å². The van der Waals surface area contributed by atoms with Crippen LogP contribution in [-0.2, 0) is 0 Å². The molecule has 0 unspecified atom stereocenters. The maximum Gasteiger partial charge on any atom is 0.0464 e. The first-order valence-corrected chi connectivity index (χ1v) is 23.9. The summed E-state index contributed by atoms with van der Waals surface area (Å²) in [6.45, 7) is 4.28. The van der Waals surface area contributed by atoms with Crippen molar-refractivity contribution in [2.75, 3.05) is 9.80 Å². The van der Waals surface area contributed by atoms with Gasteiger partial charge in [0, 0.05) is 34.1 Å². The highest BCUT2D eigenvalue weighted by Crippen LogP contribution is 2.37. The number of hydrogen-bond donors (Lipinski definition) is 0. The smallest absolute Gasteiger partial charge is 0.0464 e. The number of benzene rings is 9. The van der Waals surface area contributed by atoms with E-state index >= 15 is 0 Å². The van der Waals surface area contributed by atoms with Crippen molar-refractivity contribution in [3.05, 3.63) is 310 Å². The van der Waals surface area contributed by atoms with Gasteiger partial charge in [-0.25, -0.2) is 0 Å². The molecule has 0 spiro atoms. The molecule has 2 nitrogen and oxygen atoms in total. The number of nitrogens with zero attached hydrogens (tertiary/aromatic N) is 2. The Kier molecular flexibility index (Phi) is 15.3. The van der Waals surface area contributed by atoms with Crippen LogP contribution in [0.2, 0.25) is 0 Å². The minimum absolute atomic E-state index is 1.10. The molecular formula is C68H56N2. The lowest BCUT2D eigenvalue weighted by Crippen LogP contribution is -2.10. The molecule has 70 heavy (non-hydrogen) atoms. The molecule has 0 N–H and O–H groups in total. The fourth-order valence-corrected chi connectivity index (χ4v) is 8.26. The van der Waals surface area contributed by atoms with E-state index in [2.05, 4.69) is 315 Å². The molecule has 9 aromatic carbocycles. The van der Waals surface area contributed by atoms with Gasteiger partial charge in [0.15, 0.2) is 0 Å². The van der Waals surface area contributed by atoms with Gasteiger partial charge in [-0.15, -0.1) is 0 Å². The van der Waals surface area contributed by atoms with Gasteiger partial charge in [0.05, 0.1) is 0 Å². The molecule has 0 fully saturated rings. The minimum Gasteiger partial charge on any atom is -0.310 e. The molecule has 2 heteroatoms. The summed E-state index contributed by atoms with van der Waals surface area (Å²) >= 11 is 0. The third kappa shape index (κ3) is 12.7. The lowest BCUT2D eigenvalue weighted by molar-refractivity contribution is 1.27. The summed E-state index contributed by atoms with van der Waals surface area (Å²) < 4.78 is 0. The highest BCUT2D eigenvalue weighted by atomic mass is 15.1. The Morgan fingerprint density at radius 1 is 0.214 bits per heavy atom. The first-order chi connectivity index (χ1) is 34.5. The number of rotatable bonds is 16. The molecular weight excluding hydrogens is 845 g/mol. The van der Waals surface area contributed by atoms with E-state index in [0.717, 1.165) is 67.5 Å². The Labute approximate surface area is 414 Å². The van der Waals surface area contributed by atoms with Crippen LogP contribution >= 0.6 is 0 Å². The second-order valence-corrected chi connectivity index (χ2v) is 17.3. The summed E-state index contributed by atoms with van der Waals surface area (Å²) in [5.41, 5.74) is 18.4. The van der Waals surface area contributed by atoms with Crippen LogP contribution in [0.25, 0.3) is 48.6 Å². The van der Waals surface area contributed by atoms with Gasteiger partial charge < -0.3 is 9.80 Å². The molecule has 0 aliphatic carbocycles. The molecule has 0 bridgehead atoms. The summed E-state index contributed by atoms with van der Waals surface area (Å²) in [7, 11) is 0. The number of anilines is 6. The fraction of sp³-hybridized carbons (Fsp3) is 0.0294. The van der Waals surface area contributed by atoms with Crippen LogP contribution in [0, 0.1) is 13.8 Å². The van der Waals surface area contributed by atoms with E-state index in [4.69, 9.17) is 0 Å². The molecule has 9 aromatic rings. The van der Waals surface area contributed by atoms with Crippen molar-refractivity contribution in [3.8, 4) is 0 Å². The van der Waals surface area contributed by atoms with Gasteiger partial charge in [-0.3, -0.25) is 0 Å². The van der Waals surface area contributed by atoms with Crippen molar-refractivity contribution in [2.24, 2.45) is 0 Å². The average molecular weight is 901 g/mol. The zero-order valence-electron chi connectivity index (χ0n) is 39.8. The third-order valence-corrected chi connectivity index (χ3v) is 12.0. The first kappa shape index (κ1) is 46.1. The molecule has 9 rings (SSSR count). The van der Waals surface area contributed by atoms with Gasteiger partial charge in [0.1, 0.15) is 0 Å². The maximum absolute atomic E-state index is 2.32. The third-order valence-electron chi connectivity index (χ3n) is 12.0. The fourth-order valence-electron chi connectivity index (χ4n) is 8.26. The molecule has 0 saturated carbocycles. The lowest BCUT2D eigenvalue weighted by Gasteiger charge is -2.26. The Hall–Kier alpha value is -8.98. The largest absolute Gasteiger partial charge is 0.310 e. The molecule has 0 saturated heterocycles.